The molecule has 2 bridgehead atoms. The predicted molar refractivity (Wildman–Crippen MR) is 103 cm³/mol. The summed E-state index contributed by atoms with van der Waals surface area (Å²) in [5.41, 5.74) is 1.14. The lowest BCUT2D eigenvalue weighted by Gasteiger charge is -2.47. The van der Waals surface area contributed by atoms with Crippen LogP contribution in [-0.2, 0) is 4.79 Å². The first-order valence-corrected chi connectivity index (χ1v) is 9.72. The third-order valence-electron chi connectivity index (χ3n) is 5.96. The Hall–Kier alpha value is -2.41. The van der Waals surface area contributed by atoms with Crippen LogP contribution in [0.5, 0.6) is 5.75 Å². The van der Waals surface area contributed by atoms with Crippen molar-refractivity contribution in [3.05, 3.63) is 35.4 Å². The molecular formula is C20H21ClFN3O3. The third-order valence-corrected chi connectivity index (χ3v) is 6.13. The minimum Gasteiger partial charge on any atom is -0.494 e. The van der Waals surface area contributed by atoms with E-state index in [-0.39, 0.29) is 23.0 Å². The van der Waals surface area contributed by atoms with Gasteiger partial charge in [-0.05, 0) is 67.3 Å². The fraction of sp³-hybridized carbons (Fsp3) is 0.450. The van der Waals surface area contributed by atoms with Crippen molar-refractivity contribution in [2.75, 3.05) is 12.4 Å². The number of aliphatic carboxylic acids is 1. The number of carboxylic acids is 1. The Balaban J connectivity index is 1.65. The number of hydrogen-bond acceptors (Lipinski definition) is 5. The van der Waals surface area contributed by atoms with Crippen molar-refractivity contribution in [2.24, 2.45) is 17.8 Å². The van der Waals surface area contributed by atoms with Crippen LogP contribution in [0.1, 0.15) is 25.7 Å². The number of benzene rings is 1. The van der Waals surface area contributed by atoms with Crippen LogP contribution < -0.4 is 10.1 Å². The summed E-state index contributed by atoms with van der Waals surface area (Å²) < 4.78 is 18.7. The van der Waals surface area contributed by atoms with Gasteiger partial charge in [0.1, 0.15) is 5.82 Å². The second-order valence-electron chi connectivity index (χ2n) is 7.47. The average Bonchev–Trinajstić information content (AvgIpc) is 2.68. The number of halogens is 2. The largest absolute Gasteiger partial charge is 0.494 e. The molecule has 3 aliphatic carbocycles. The highest BCUT2D eigenvalue weighted by molar-refractivity contribution is 6.28. The maximum absolute atomic E-state index is 13.7. The minimum atomic E-state index is -0.768. The molecule has 8 heteroatoms. The lowest BCUT2D eigenvalue weighted by molar-refractivity contribution is -0.148. The number of methoxy groups -OCH3 is 1. The number of rotatable bonds is 5. The standard InChI is InChI=1S/C20H21ClFN3O3/c1-28-15-8-12(6-7-13(15)22)14-9-16(25-20(21)23-14)24-18-11-4-2-10(3-5-11)17(18)19(26)27/h6-11,17-18H,2-5H2,1H3,(H,26,27)(H,23,24,25). The van der Waals surface area contributed by atoms with Gasteiger partial charge in [0.05, 0.1) is 18.7 Å². The molecule has 1 aromatic carbocycles. The third kappa shape index (κ3) is 3.51. The highest BCUT2D eigenvalue weighted by Gasteiger charge is 2.47. The molecule has 1 aromatic heterocycles. The first-order valence-electron chi connectivity index (χ1n) is 9.34. The Labute approximate surface area is 167 Å². The Kier molecular flexibility index (Phi) is 5.10. The normalized spacial score (nSPS) is 26.1. The molecule has 3 saturated carbocycles. The highest BCUT2D eigenvalue weighted by Crippen LogP contribution is 2.46. The van der Waals surface area contributed by atoms with E-state index in [1.54, 1.807) is 18.2 Å². The van der Waals surface area contributed by atoms with Gasteiger partial charge >= 0.3 is 5.97 Å². The summed E-state index contributed by atoms with van der Waals surface area (Å²) >= 11 is 6.12. The molecule has 2 unspecified atom stereocenters. The quantitative estimate of drug-likeness (QED) is 0.723. The van der Waals surface area contributed by atoms with E-state index >= 15 is 0 Å². The van der Waals surface area contributed by atoms with Gasteiger partial charge in [-0.1, -0.05) is 0 Å². The van der Waals surface area contributed by atoms with Gasteiger partial charge in [-0.2, -0.15) is 0 Å². The topological polar surface area (TPSA) is 84.3 Å². The summed E-state index contributed by atoms with van der Waals surface area (Å²) in [6, 6.07) is 5.95. The Morgan fingerprint density at radius 2 is 1.93 bits per heavy atom. The number of fused-ring (bicyclic) bond motifs is 3. The van der Waals surface area contributed by atoms with Crippen molar-refractivity contribution in [2.45, 2.75) is 31.7 Å². The van der Waals surface area contributed by atoms with Crippen molar-refractivity contribution < 1.29 is 19.0 Å². The maximum Gasteiger partial charge on any atom is 0.308 e. The summed E-state index contributed by atoms with van der Waals surface area (Å²) in [5.74, 6) is -0.592. The molecule has 0 amide bonds. The van der Waals surface area contributed by atoms with Gasteiger partial charge in [-0.15, -0.1) is 0 Å². The van der Waals surface area contributed by atoms with E-state index in [9.17, 15) is 14.3 Å². The monoisotopic (exact) mass is 405 g/mol. The van der Waals surface area contributed by atoms with E-state index < -0.39 is 17.7 Å². The van der Waals surface area contributed by atoms with Gasteiger partial charge in [-0.3, -0.25) is 4.79 Å². The van der Waals surface area contributed by atoms with Crippen LogP contribution >= 0.6 is 11.6 Å². The van der Waals surface area contributed by atoms with Crippen LogP contribution in [-0.4, -0.2) is 34.2 Å². The van der Waals surface area contributed by atoms with Crippen molar-refractivity contribution in [3.63, 3.8) is 0 Å². The summed E-state index contributed by atoms with van der Waals surface area (Å²) in [5, 5.41) is 13.1. The van der Waals surface area contributed by atoms with Gasteiger partial charge in [0, 0.05) is 17.7 Å². The molecule has 28 heavy (non-hydrogen) atoms. The fourth-order valence-electron chi connectivity index (χ4n) is 4.64. The van der Waals surface area contributed by atoms with Crippen molar-refractivity contribution >= 4 is 23.4 Å². The number of aromatic nitrogens is 2. The minimum absolute atomic E-state index is 0.0381. The first kappa shape index (κ1) is 18.9. The number of carboxylic acid groups (broad SMARTS) is 1. The molecule has 0 aliphatic heterocycles. The molecule has 2 aromatic rings. The summed E-state index contributed by atoms with van der Waals surface area (Å²) in [6.07, 6.45) is 3.97. The molecule has 0 radical (unpaired) electrons. The summed E-state index contributed by atoms with van der Waals surface area (Å²) in [7, 11) is 1.40. The van der Waals surface area contributed by atoms with Crippen LogP contribution in [0.3, 0.4) is 0 Å². The Bertz CT molecular complexity index is 902. The summed E-state index contributed by atoms with van der Waals surface area (Å²) in [4.78, 5) is 20.3. The molecule has 0 saturated heterocycles. The SMILES string of the molecule is COc1cc(-c2cc(NC3C4CCC(CC4)C3C(=O)O)nc(Cl)n2)ccc1F. The molecule has 3 aliphatic rings. The van der Waals surface area contributed by atoms with Crippen molar-refractivity contribution in [1.82, 2.24) is 9.97 Å². The van der Waals surface area contributed by atoms with Crippen LogP contribution in [0.25, 0.3) is 11.3 Å². The zero-order valence-electron chi connectivity index (χ0n) is 15.4. The lowest BCUT2D eigenvalue weighted by Crippen LogP contribution is -2.51. The highest BCUT2D eigenvalue weighted by atomic mass is 35.5. The van der Waals surface area contributed by atoms with Gasteiger partial charge in [-0.25, -0.2) is 14.4 Å². The van der Waals surface area contributed by atoms with E-state index in [1.165, 1.54) is 13.2 Å². The smallest absolute Gasteiger partial charge is 0.308 e. The number of nitrogens with one attached hydrogen (secondary N) is 1. The van der Waals surface area contributed by atoms with Crippen LogP contribution in [0.4, 0.5) is 10.2 Å². The van der Waals surface area contributed by atoms with Crippen LogP contribution in [0.2, 0.25) is 5.28 Å². The molecule has 148 valence electrons. The number of carbonyl (C=O) groups is 1. The number of anilines is 1. The predicted octanol–water partition coefficient (Wildman–Crippen LogP) is 4.25. The number of hydrogen-bond donors (Lipinski definition) is 2. The van der Waals surface area contributed by atoms with Gasteiger partial charge in [0.25, 0.3) is 0 Å². The number of ether oxygens (including phenoxy) is 1. The molecule has 3 fully saturated rings. The van der Waals surface area contributed by atoms with Crippen LogP contribution in [0.15, 0.2) is 24.3 Å². The molecule has 6 nitrogen and oxygen atoms in total. The Morgan fingerprint density at radius 1 is 1.21 bits per heavy atom. The van der Waals surface area contributed by atoms with Crippen molar-refractivity contribution in [3.8, 4) is 17.0 Å². The van der Waals surface area contributed by atoms with Crippen LogP contribution in [0, 0.1) is 23.6 Å². The van der Waals surface area contributed by atoms with E-state index in [0.717, 1.165) is 25.7 Å². The molecule has 0 spiro atoms. The summed E-state index contributed by atoms with van der Waals surface area (Å²) in [6.45, 7) is 0. The molecule has 2 N–H and O–H groups in total. The molecular weight excluding hydrogens is 385 g/mol. The zero-order chi connectivity index (χ0) is 19.8. The van der Waals surface area contributed by atoms with Gasteiger partial charge < -0.3 is 15.2 Å². The second-order valence-corrected chi connectivity index (χ2v) is 7.80. The first-order chi connectivity index (χ1) is 13.5. The second kappa shape index (κ2) is 7.54. The fourth-order valence-corrected chi connectivity index (χ4v) is 4.82. The van der Waals surface area contributed by atoms with E-state index in [0.29, 0.717) is 23.0 Å². The van der Waals surface area contributed by atoms with E-state index in [1.807, 2.05) is 0 Å². The zero-order valence-corrected chi connectivity index (χ0v) is 16.1. The van der Waals surface area contributed by atoms with Gasteiger partial charge in [0.2, 0.25) is 5.28 Å². The van der Waals surface area contributed by atoms with Gasteiger partial charge in [0.15, 0.2) is 11.6 Å². The van der Waals surface area contributed by atoms with Crippen molar-refractivity contribution in [1.29, 1.82) is 0 Å². The van der Waals surface area contributed by atoms with E-state index in [4.69, 9.17) is 16.3 Å². The number of nitrogens with zero attached hydrogens (tertiary/aromatic N) is 2. The average molecular weight is 406 g/mol. The molecule has 2 atom stereocenters. The maximum atomic E-state index is 13.7. The molecule has 5 rings (SSSR count). The molecule has 1 heterocycles. The lowest BCUT2D eigenvalue weighted by atomic mass is 9.61. The van der Waals surface area contributed by atoms with E-state index in [2.05, 4.69) is 15.3 Å². The Morgan fingerprint density at radius 3 is 2.61 bits per heavy atom.